The molecule has 0 aliphatic carbocycles. The number of rotatable bonds is 1. The van der Waals surface area contributed by atoms with Gasteiger partial charge in [-0.2, -0.15) is 0 Å². The molecule has 1 aromatic rings. The molecular weight excluding hydrogens is 228 g/mol. The van der Waals surface area contributed by atoms with Crippen LogP contribution in [0.1, 0.15) is 11.1 Å². The number of hydrogen-bond acceptors (Lipinski definition) is 1. The van der Waals surface area contributed by atoms with Crippen molar-refractivity contribution in [3.05, 3.63) is 35.4 Å². The largest absolute Gasteiger partial charge is 0.384 e. The van der Waals surface area contributed by atoms with E-state index in [2.05, 4.69) is 27.8 Å². The number of amidine groups is 1. The molecule has 3 heteroatoms. The molecule has 1 aromatic carbocycles. The average Bonchev–Trinajstić information content (AvgIpc) is 2.15. The summed E-state index contributed by atoms with van der Waals surface area (Å²) < 4.78 is 0. The van der Waals surface area contributed by atoms with Crippen molar-refractivity contribution in [3.8, 4) is 11.8 Å². The lowest BCUT2D eigenvalue weighted by molar-refractivity contribution is 1.42. The third-order valence-electron chi connectivity index (χ3n) is 1.50. The van der Waals surface area contributed by atoms with E-state index in [0.717, 1.165) is 11.1 Å². The molecule has 0 bridgehead atoms. The van der Waals surface area contributed by atoms with Crippen LogP contribution in [-0.2, 0) is 0 Å². The maximum absolute atomic E-state index is 7.18. The Balaban J connectivity index is 2.87. The first-order valence-corrected chi connectivity index (χ1v) is 4.85. The average molecular weight is 237 g/mol. The summed E-state index contributed by atoms with van der Waals surface area (Å²) in [5, 5.41) is 7.85. The minimum atomic E-state index is 0.0833. The summed E-state index contributed by atoms with van der Waals surface area (Å²) in [5.74, 6) is 5.93. The summed E-state index contributed by atoms with van der Waals surface area (Å²) in [4.78, 5) is 0. The predicted molar refractivity (Wildman–Crippen MR) is 58.1 cm³/mol. The SMILES string of the molecule is N=C(N)c1ccc(C#CCBr)cc1. The first-order valence-electron chi connectivity index (χ1n) is 3.73. The summed E-state index contributed by atoms with van der Waals surface area (Å²) in [6.45, 7) is 0. The van der Waals surface area contributed by atoms with E-state index in [1.54, 1.807) is 12.1 Å². The normalized spacial score (nSPS) is 8.69. The molecule has 0 amide bonds. The van der Waals surface area contributed by atoms with Gasteiger partial charge in [-0.25, -0.2) is 0 Å². The summed E-state index contributed by atoms with van der Waals surface area (Å²) in [6.07, 6.45) is 0. The Morgan fingerprint density at radius 2 is 2.00 bits per heavy atom. The molecular formula is C10H9BrN2. The van der Waals surface area contributed by atoms with E-state index in [4.69, 9.17) is 11.1 Å². The van der Waals surface area contributed by atoms with Crippen molar-refractivity contribution >= 4 is 21.8 Å². The van der Waals surface area contributed by atoms with Crippen LogP contribution in [0.4, 0.5) is 0 Å². The van der Waals surface area contributed by atoms with Crippen molar-refractivity contribution in [1.29, 1.82) is 5.41 Å². The molecule has 0 saturated heterocycles. The van der Waals surface area contributed by atoms with Crippen LogP contribution >= 0.6 is 15.9 Å². The van der Waals surface area contributed by atoms with Gasteiger partial charge in [0.2, 0.25) is 0 Å². The van der Waals surface area contributed by atoms with Gasteiger partial charge < -0.3 is 5.73 Å². The monoisotopic (exact) mass is 236 g/mol. The summed E-state index contributed by atoms with van der Waals surface area (Å²) in [7, 11) is 0. The zero-order chi connectivity index (χ0) is 9.68. The number of nitrogens with one attached hydrogen (secondary N) is 1. The van der Waals surface area contributed by atoms with Crippen LogP contribution < -0.4 is 5.73 Å². The van der Waals surface area contributed by atoms with E-state index in [1.165, 1.54) is 0 Å². The molecule has 0 fully saturated rings. The first kappa shape index (κ1) is 9.82. The maximum Gasteiger partial charge on any atom is 0.122 e. The number of nitrogens with two attached hydrogens (primary N) is 1. The smallest absolute Gasteiger partial charge is 0.122 e. The predicted octanol–water partition coefficient (Wildman–Crippen LogP) is 1.72. The molecule has 0 saturated carbocycles. The zero-order valence-electron chi connectivity index (χ0n) is 6.97. The Morgan fingerprint density at radius 1 is 1.38 bits per heavy atom. The fraction of sp³-hybridized carbons (Fsp3) is 0.100. The number of nitrogen functional groups attached to an aromatic ring is 1. The molecule has 13 heavy (non-hydrogen) atoms. The number of alkyl halides is 1. The van der Waals surface area contributed by atoms with Crippen molar-refractivity contribution < 1.29 is 0 Å². The fourth-order valence-electron chi connectivity index (χ4n) is 0.869. The Kier molecular flexibility index (Phi) is 3.53. The van der Waals surface area contributed by atoms with E-state index in [9.17, 15) is 0 Å². The highest BCUT2D eigenvalue weighted by molar-refractivity contribution is 9.09. The molecule has 0 radical (unpaired) electrons. The molecule has 0 spiro atoms. The van der Waals surface area contributed by atoms with Crippen molar-refractivity contribution in [3.63, 3.8) is 0 Å². The van der Waals surface area contributed by atoms with E-state index < -0.39 is 0 Å². The lowest BCUT2D eigenvalue weighted by Gasteiger charge is -1.96. The fourth-order valence-corrected chi connectivity index (χ4v) is 1.01. The highest BCUT2D eigenvalue weighted by atomic mass is 79.9. The van der Waals surface area contributed by atoms with Crippen LogP contribution in [0.15, 0.2) is 24.3 Å². The van der Waals surface area contributed by atoms with Crippen LogP contribution in [0.5, 0.6) is 0 Å². The van der Waals surface area contributed by atoms with Gasteiger partial charge in [-0.1, -0.05) is 39.9 Å². The molecule has 0 atom stereocenters. The second kappa shape index (κ2) is 4.68. The Bertz CT molecular complexity index is 357. The van der Waals surface area contributed by atoms with Crippen LogP contribution in [0.3, 0.4) is 0 Å². The molecule has 0 aliphatic heterocycles. The quantitative estimate of drug-likeness (QED) is 0.332. The molecule has 0 heterocycles. The van der Waals surface area contributed by atoms with Gasteiger partial charge in [-0.15, -0.1) is 0 Å². The van der Waals surface area contributed by atoms with Crippen LogP contribution in [0.25, 0.3) is 0 Å². The Labute approximate surface area is 85.8 Å². The van der Waals surface area contributed by atoms with Crippen LogP contribution in [0.2, 0.25) is 0 Å². The molecule has 0 unspecified atom stereocenters. The summed E-state index contributed by atoms with van der Waals surface area (Å²) in [6, 6.07) is 7.29. The van der Waals surface area contributed by atoms with Crippen molar-refractivity contribution in [1.82, 2.24) is 0 Å². The highest BCUT2D eigenvalue weighted by Crippen LogP contribution is 2.01. The topological polar surface area (TPSA) is 49.9 Å². The van der Waals surface area contributed by atoms with Gasteiger partial charge in [0, 0.05) is 11.1 Å². The van der Waals surface area contributed by atoms with Crippen molar-refractivity contribution in [2.75, 3.05) is 5.33 Å². The number of benzene rings is 1. The van der Waals surface area contributed by atoms with E-state index >= 15 is 0 Å². The lowest BCUT2D eigenvalue weighted by Crippen LogP contribution is -2.10. The van der Waals surface area contributed by atoms with E-state index in [-0.39, 0.29) is 5.84 Å². The third-order valence-corrected chi connectivity index (χ3v) is 1.78. The van der Waals surface area contributed by atoms with Crippen molar-refractivity contribution in [2.24, 2.45) is 5.73 Å². The molecule has 1 rings (SSSR count). The molecule has 66 valence electrons. The van der Waals surface area contributed by atoms with Gasteiger partial charge >= 0.3 is 0 Å². The summed E-state index contributed by atoms with van der Waals surface area (Å²) >= 11 is 3.22. The van der Waals surface area contributed by atoms with Gasteiger partial charge in [-0.05, 0) is 12.1 Å². The third kappa shape index (κ3) is 2.92. The van der Waals surface area contributed by atoms with Crippen LogP contribution in [0, 0.1) is 17.3 Å². The second-order valence-corrected chi connectivity index (χ2v) is 2.99. The van der Waals surface area contributed by atoms with Gasteiger partial charge in [0.05, 0.1) is 5.33 Å². The highest BCUT2D eigenvalue weighted by Gasteiger charge is 1.93. The molecule has 0 aromatic heterocycles. The maximum atomic E-state index is 7.18. The van der Waals surface area contributed by atoms with Crippen LogP contribution in [-0.4, -0.2) is 11.2 Å². The Hall–Kier alpha value is -1.27. The number of hydrogen-bond donors (Lipinski definition) is 2. The zero-order valence-corrected chi connectivity index (χ0v) is 8.56. The Morgan fingerprint density at radius 3 is 2.46 bits per heavy atom. The van der Waals surface area contributed by atoms with E-state index in [0.29, 0.717) is 5.33 Å². The second-order valence-electron chi connectivity index (χ2n) is 2.43. The molecule has 0 aliphatic rings. The molecule has 3 N–H and O–H groups in total. The lowest BCUT2D eigenvalue weighted by atomic mass is 10.1. The van der Waals surface area contributed by atoms with Gasteiger partial charge in [0.1, 0.15) is 5.84 Å². The first-order chi connectivity index (χ1) is 6.24. The van der Waals surface area contributed by atoms with Gasteiger partial charge in [-0.3, -0.25) is 5.41 Å². The van der Waals surface area contributed by atoms with Crippen molar-refractivity contribution in [2.45, 2.75) is 0 Å². The minimum Gasteiger partial charge on any atom is -0.384 e. The van der Waals surface area contributed by atoms with Gasteiger partial charge in [0.15, 0.2) is 0 Å². The number of halogens is 1. The van der Waals surface area contributed by atoms with Gasteiger partial charge in [0.25, 0.3) is 0 Å². The van der Waals surface area contributed by atoms with E-state index in [1.807, 2.05) is 12.1 Å². The summed E-state index contributed by atoms with van der Waals surface area (Å²) in [5.41, 5.74) is 6.96. The minimum absolute atomic E-state index is 0.0833. The standard InChI is InChI=1S/C10H9BrN2/c11-7-1-2-8-3-5-9(6-4-8)10(12)13/h3-6H,7H2,(H3,12,13). The molecule has 2 nitrogen and oxygen atoms in total.